The van der Waals surface area contributed by atoms with E-state index in [4.69, 9.17) is 14.5 Å². The molecule has 6 rings (SSSR count). The van der Waals surface area contributed by atoms with Gasteiger partial charge in [-0.3, -0.25) is 0 Å². The molecule has 0 radical (unpaired) electrons. The van der Waals surface area contributed by atoms with Gasteiger partial charge in [-0.1, -0.05) is 24.8 Å². The second-order valence-electron chi connectivity index (χ2n) is 8.78. The average molecular weight is 457 g/mol. The molecular weight excluding hydrogens is 428 g/mol. The number of rotatable bonds is 4. The van der Waals surface area contributed by atoms with Crippen molar-refractivity contribution in [3.05, 3.63) is 66.5 Å². The van der Waals surface area contributed by atoms with Gasteiger partial charge in [0, 0.05) is 49.7 Å². The number of morpholine rings is 1. The van der Waals surface area contributed by atoms with Gasteiger partial charge in [0.15, 0.2) is 5.82 Å². The van der Waals surface area contributed by atoms with E-state index in [-0.39, 0.29) is 6.04 Å². The standard InChI is InChI=1S/C26H28N6O2/c1-17-22-14-18-6-4-5-7-21(18)32(22)25-23(30(17)2)16-27-26(29-25)28-20-9-8-19(15-24(20)33-3)31-10-12-34-13-11-31/h4-9,15-16,22H,1,10-14H2,2-3H3,(H,27,28,29). The highest BCUT2D eigenvalue weighted by Crippen LogP contribution is 2.48. The third-order valence-corrected chi connectivity index (χ3v) is 6.94. The Balaban J connectivity index is 1.34. The molecule has 1 unspecified atom stereocenters. The summed E-state index contributed by atoms with van der Waals surface area (Å²) in [6, 6.07) is 14.8. The van der Waals surface area contributed by atoms with Crippen molar-refractivity contribution in [3.8, 4) is 5.75 Å². The Labute approximate surface area is 199 Å². The zero-order chi connectivity index (χ0) is 23.2. The van der Waals surface area contributed by atoms with E-state index in [1.54, 1.807) is 7.11 Å². The molecule has 8 heteroatoms. The second-order valence-corrected chi connectivity index (χ2v) is 8.78. The zero-order valence-corrected chi connectivity index (χ0v) is 19.5. The molecule has 0 saturated carbocycles. The van der Waals surface area contributed by atoms with E-state index < -0.39 is 0 Å². The molecule has 1 fully saturated rings. The molecule has 0 spiro atoms. The van der Waals surface area contributed by atoms with Gasteiger partial charge < -0.3 is 29.5 Å². The van der Waals surface area contributed by atoms with Crippen molar-refractivity contribution in [2.24, 2.45) is 0 Å². The van der Waals surface area contributed by atoms with Crippen molar-refractivity contribution in [3.63, 3.8) is 0 Å². The van der Waals surface area contributed by atoms with E-state index in [9.17, 15) is 0 Å². The number of nitrogens with zero attached hydrogens (tertiary/aromatic N) is 5. The van der Waals surface area contributed by atoms with Crippen molar-refractivity contribution in [1.29, 1.82) is 0 Å². The van der Waals surface area contributed by atoms with Crippen LogP contribution < -0.4 is 24.8 Å². The van der Waals surface area contributed by atoms with Crippen molar-refractivity contribution < 1.29 is 9.47 Å². The molecule has 34 heavy (non-hydrogen) atoms. The molecule has 3 aliphatic rings. The first-order valence-corrected chi connectivity index (χ1v) is 11.6. The Kier molecular flexibility index (Phi) is 5.03. The summed E-state index contributed by atoms with van der Waals surface area (Å²) in [7, 11) is 3.72. The summed E-state index contributed by atoms with van der Waals surface area (Å²) in [4.78, 5) is 16.3. The first kappa shape index (κ1) is 20.8. The van der Waals surface area contributed by atoms with Gasteiger partial charge in [0.05, 0.1) is 38.2 Å². The number of ether oxygens (including phenoxy) is 2. The van der Waals surface area contributed by atoms with Crippen LogP contribution in [0.2, 0.25) is 0 Å². The number of aromatic nitrogens is 2. The number of anilines is 6. The summed E-state index contributed by atoms with van der Waals surface area (Å²) in [5.74, 6) is 2.16. The lowest BCUT2D eigenvalue weighted by Crippen LogP contribution is -2.41. The minimum Gasteiger partial charge on any atom is -0.494 e. The fourth-order valence-corrected chi connectivity index (χ4v) is 5.06. The fourth-order valence-electron chi connectivity index (χ4n) is 5.06. The van der Waals surface area contributed by atoms with Crippen molar-refractivity contribution in [2.45, 2.75) is 12.5 Å². The van der Waals surface area contributed by atoms with E-state index in [2.05, 4.69) is 68.0 Å². The summed E-state index contributed by atoms with van der Waals surface area (Å²) in [5, 5.41) is 3.38. The normalized spacial score (nSPS) is 18.9. The van der Waals surface area contributed by atoms with Crippen LogP contribution in [0.4, 0.5) is 34.5 Å². The molecule has 0 aliphatic carbocycles. The first-order valence-electron chi connectivity index (χ1n) is 11.6. The molecule has 1 saturated heterocycles. The lowest BCUT2D eigenvalue weighted by Gasteiger charge is -2.40. The van der Waals surface area contributed by atoms with Crippen LogP contribution in [0.3, 0.4) is 0 Å². The van der Waals surface area contributed by atoms with Gasteiger partial charge in [0.2, 0.25) is 5.95 Å². The first-order chi connectivity index (χ1) is 16.6. The summed E-state index contributed by atoms with van der Waals surface area (Å²) < 4.78 is 11.2. The van der Waals surface area contributed by atoms with Gasteiger partial charge in [-0.25, -0.2) is 4.98 Å². The number of methoxy groups -OCH3 is 1. The summed E-state index contributed by atoms with van der Waals surface area (Å²) in [5.41, 5.74) is 6.43. The van der Waals surface area contributed by atoms with E-state index in [0.29, 0.717) is 5.95 Å². The number of hydrogen-bond acceptors (Lipinski definition) is 8. The van der Waals surface area contributed by atoms with E-state index in [0.717, 1.165) is 67.1 Å². The van der Waals surface area contributed by atoms with E-state index in [1.165, 1.54) is 11.3 Å². The number of nitrogens with one attached hydrogen (secondary N) is 1. The number of para-hydroxylation sites is 1. The Bertz CT molecular complexity index is 1260. The van der Waals surface area contributed by atoms with Crippen molar-refractivity contribution in [2.75, 3.05) is 60.5 Å². The predicted molar refractivity (Wildman–Crippen MR) is 135 cm³/mol. The largest absolute Gasteiger partial charge is 0.494 e. The zero-order valence-electron chi connectivity index (χ0n) is 19.5. The average Bonchev–Trinajstić information content (AvgIpc) is 3.28. The van der Waals surface area contributed by atoms with Crippen LogP contribution in [0.15, 0.2) is 60.9 Å². The van der Waals surface area contributed by atoms with Gasteiger partial charge in [-0.2, -0.15) is 4.98 Å². The molecule has 1 aromatic heterocycles. The third kappa shape index (κ3) is 3.33. The van der Waals surface area contributed by atoms with Crippen LogP contribution in [-0.2, 0) is 11.2 Å². The van der Waals surface area contributed by atoms with Gasteiger partial charge in [-0.05, 0) is 23.8 Å². The van der Waals surface area contributed by atoms with E-state index >= 15 is 0 Å². The summed E-state index contributed by atoms with van der Waals surface area (Å²) in [6.45, 7) is 7.60. The molecule has 0 amide bonds. The molecule has 1 N–H and O–H groups in total. The molecule has 2 aromatic carbocycles. The molecule has 1 atom stereocenters. The topological polar surface area (TPSA) is 66.0 Å². The number of fused-ring (bicyclic) bond motifs is 5. The molecule has 4 heterocycles. The maximum atomic E-state index is 5.70. The van der Waals surface area contributed by atoms with Gasteiger partial charge >= 0.3 is 0 Å². The molecule has 174 valence electrons. The maximum absolute atomic E-state index is 5.70. The Morgan fingerprint density at radius 1 is 1.12 bits per heavy atom. The van der Waals surface area contributed by atoms with Gasteiger partial charge in [0.1, 0.15) is 11.4 Å². The number of benzene rings is 2. The lowest BCUT2D eigenvalue weighted by molar-refractivity contribution is 0.122. The fraction of sp³-hybridized carbons (Fsp3) is 0.308. The minimum absolute atomic E-state index is 0.153. The lowest BCUT2D eigenvalue weighted by atomic mass is 10.1. The highest BCUT2D eigenvalue weighted by Gasteiger charge is 2.40. The summed E-state index contributed by atoms with van der Waals surface area (Å²) in [6.07, 6.45) is 2.78. The molecular formula is C26H28N6O2. The van der Waals surface area contributed by atoms with Crippen LogP contribution in [0.1, 0.15) is 5.56 Å². The maximum Gasteiger partial charge on any atom is 0.229 e. The molecule has 8 nitrogen and oxygen atoms in total. The smallest absolute Gasteiger partial charge is 0.229 e. The monoisotopic (exact) mass is 456 g/mol. The van der Waals surface area contributed by atoms with Crippen LogP contribution in [-0.4, -0.2) is 56.5 Å². The Hall–Kier alpha value is -3.78. The van der Waals surface area contributed by atoms with Gasteiger partial charge in [-0.15, -0.1) is 0 Å². The summed E-state index contributed by atoms with van der Waals surface area (Å²) >= 11 is 0. The Morgan fingerprint density at radius 2 is 1.94 bits per heavy atom. The third-order valence-electron chi connectivity index (χ3n) is 6.94. The predicted octanol–water partition coefficient (Wildman–Crippen LogP) is 4.09. The quantitative estimate of drug-likeness (QED) is 0.630. The second kappa shape index (κ2) is 8.22. The van der Waals surface area contributed by atoms with Crippen LogP contribution in [0.25, 0.3) is 0 Å². The highest BCUT2D eigenvalue weighted by molar-refractivity contribution is 5.84. The van der Waals surface area contributed by atoms with Crippen LogP contribution in [0, 0.1) is 0 Å². The minimum atomic E-state index is 0.153. The number of hydrogen-bond donors (Lipinski definition) is 1. The molecule has 3 aromatic rings. The Morgan fingerprint density at radius 3 is 2.76 bits per heavy atom. The van der Waals surface area contributed by atoms with E-state index in [1.807, 2.05) is 19.3 Å². The van der Waals surface area contributed by atoms with Crippen LogP contribution in [0.5, 0.6) is 5.75 Å². The number of likely N-dealkylation sites (N-methyl/N-ethyl adjacent to an activating group) is 1. The van der Waals surface area contributed by atoms with Crippen molar-refractivity contribution >= 4 is 34.5 Å². The van der Waals surface area contributed by atoms with Gasteiger partial charge in [0.25, 0.3) is 0 Å². The van der Waals surface area contributed by atoms with Crippen molar-refractivity contribution in [1.82, 2.24) is 9.97 Å². The SMILES string of the molecule is C=C1C2Cc3ccccc3N2c2nc(Nc3ccc(N4CCOCC4)cc3OC)ncc2N1C. The molecule has 0 bridgehead atoms. The van der Waals surface area contributed by atoms with Crippen LogP contribution >= 0.6 is 0 Å². The highest BCUT2D eigenvalue weighted by atomic mass is 16.5. The molecule has 3 aliphatic heterocycles.